The van der Waals surface area contributed by atoms with E-state index >= 15 is 0 Å². The van der Waals surface area contributed by atoms with Gasteiger partial charge in [-0.3, -0.25) is 9.52 Å². The minimum Gasteiger partial charge on any atom is -0.371 e. The van der Waals surface area contributed by atoms with E-state index in [1.54, 1.807) is 24.3 Å². The van der Waals surface area contributed by atoms with Crippen molar-refractivity contribution in [2.75, 3.05) is 22.7 Å². The third kappa shape index (κ3) is 5.31. The number of benzene rings is 2. The molecule has 1 aromatic heterocycles. The van der Waals surface area contributed by atoms with E-state index in [-0.39, 0.29) is 22.4 Å². The van der Waals surface area contributed by atoms with E-state index in [1.165, 1.54) is 34.3 Å². The first-order valence-corrected chi connectivity index (χ1v) is 14.4. The van der Waals surface area contributed by atoms with Gasteiger partial charge in [0.1, 0.15) is 5.78 Å². The molecular weight excluding hydrogens is 492 g/mol. The number of aromatic nitrogens is 4. The third-order valence-corrected chi connectivity index (χ3v) is 8.87. The molecule has 1 aliphatic heterocycles. The van der Waals surface area contributed by atoms with Gasteiger partial charge in [-0.1, -0.05) is 19.8 Å². The molecule has 2 aromatic carbocycles. The van der Waals surface area contributed by atoms with Crippen LogP contribution in [0, 0.1) is 5.92 Å². The smallest absolute Gasteiger partial charge is 0.368 e. The lowest BCUT2D eigenvalue weighted by molar-refractivity contribution is -0.119. The molecule has 10 nitrogen and oxygen atoms in total. The van der Waals surface area contributed by atoms with Crippen molar-refractivity contribution in [3.63, 3.8) is 0 Å². The maximum atomic E-state index is 13.1. The van der Waals surface area contributed by atoms with Crippen molar-refractivity contribution < 1.29 is 13.2 Å². The van der Waals surface area contributed by atoms with E-state index in [4.69, 9.17) is 0 Å². The molecule has 1 atom stereocenters. The molecule has 11 heteroatoms. The second-order valence-electron chi connectivity index (χ2n) is 9.81. The highest BCUT2D eigenvalue weighted by Crippen LogP contribution is 2.35. The predicted octanol–water partition coefficient (Wildman–Crippen LogP) is 3.54. The molecule has 196 valence electrons. The van der Waals surface area contributed by atoms with Crippen LogP contribution in [0.5, 0.6) is 0 Å². The van der Waals surface area contributed by atoms with E-state index in [0.29, 0.717) is 43.2 Å². The fourth-order valence-electron chi connectivity index (χ4n) is 5.41. The molecule has 0 radical (unpaired) electrons. The summed E-state index contributed by atoms with van der Waals surface area (Å²) in [4.78, 5) is 26.7. The SMILES string of the molecule is CCC(C1CCCC1)n1nnn(-c2ccc(S(=O)(=O)Nc3ccc(N4CCC(=O)CC4)cc3)cc2)c1=O. The van der Waals surface area contributed by atoms with Gasteiger partial charge in [0.05, 0.1) is 16.6 Å². The Bertz CT molecular complexity index is 1400. The summed E-state index contributed by atoms with van der Waals surface area (Å²) >= 11 is 0. The van der Waals surface area contributed by atoms with Gasteiger partial charge in [-0.25, -0.2) is 13.2 Å². The molecule has 2 aliphatic rings. The van der Waals surface area contributed by atoms with Gasteiger partial charge in [0.25, 0.3) is 10.0 Å². The number of ketones is 1. The van der Waals surface area contributed by atoms with E-state index in [9.17, 15) is 18.0 Å². The molecule has 1 unspecified atom stereocenters. The summed E-state index contributed by atoms with van der Waals surface area (Å²) in [6.07, 6.45) is 6.43. The molecule has 2 heterocycles. The number of tetrazole rings is 1. The largest absolute Gasteiger partial charge is 0.371 e. The Labute approximate surface area is 216 Å². The van der Waals surface area contributed by atoms with Crippen LogP contribution < -0.4 is 15.3 Å². The molecule has 1 aliphatic carbocycles. The number of Topliss-reactive ketones (excluding diaryl/α,β-unsaturated/α-hetero) is 1. The second kappa shape index (κ2) is 10.5. The number of hydrogen-bond acceptors (Lipinski definition) is 7. The molecule has 2 fully saturated rings. The summed E-state index contributed by atoms with van der Waals surface area (Å²) in [7, 11) is -3.83. The Balaban J connectivity index is 1.28. The Morgan fingerprint density at radius 2 is 1.54 bits per heavy atom. The molecule has 1 N–H and O–H groups in total. The highest BCUT2D eigenvalue weighted by atomic mass is 32.2. The molecule has 5 rings (SSSR count). The van der Waals surface area contributed by atoms with E-state index < -0.39 is 10.0 Å². The van der Waals surface area contributed by atoms with Crippen LogP contribution in [0.4, 0.5) is 11.4 Å². The number of carbonyl (C=O) groups excluding carboxylic acids is 1. The van der Waals surface area contributed by atoms with Crippen LogP contribution in [0.2, 0.25) is 0 Å². The number of rotatable bonds is 8. The Hall–Kier alpha value is -3.47. The molecule has 0 spiro atoms. The van der Waals surface area contributed by atoms with Crippen molar-refractivity contribution >= 4 is 27.2 Å². The van der Waals surface area contributed by atoms with Crippen molar-refractivity contribution in [2.45, 2.75) is 62.8 Å². The van der Waals surface area contributed by atoms with E-state index in [1.807, 2.05) is 12.1 Å². The van der Waals surface area contributed by atoms with Crippen LogP contribution in [-0.2, 0) is 14.8 Å². The molecule has 0 amide bonds. The van der Waals surface area contributed by atoms with Crippen LogP contribution in [0.25, 0.3) is 5.69 Å². The predicted molar refractivity (Wildman–Crippen MR) is 141 cm³/mol. The lowest BCUT2D eigenvalue weighted by Gasteiger charge is -2.28. The molecule has 3 aromatic rings. The number of anilines is 2. The highest BCUT2D eigenvalue weighted by Gasteiger charge is 2.28. The molecule has 1 saturated heterocycles. The van der Waals surface area contributed by atoms with Gasteiger partial charge >= 0.3 is 5.69 Å². The van der Waals surface area contributed by atoms with Crippen LogP contribution in [0.3, 0.4) is 0 Å². The van der Waals surface area contributed by atoms with Crippen LogP contribution in [0.15, 0.2) is 58.2 Å². The first kappa shape index (κ1) is 25.2. The molecular formula is C26H32N6O4S. The zero-order valence-electron chi connectivity index (χ0n) is 20.9. The van der Waals surface area contributed by atoms with Crippen molar-refractivity contribution in [1.82, 2.24) is 19.8 Å². The first-order chi connectivity index (χ1) is 17.9. The van der Waals surface area contributed by atoms with Crippen LogP contribution >= 0.6 is 0 Å². The normalized spacial score (nSPS) is 17.8. The van der Waals surface area contributed by atoms with Crippen molar-refractivity contribution in [3.8, 4) is 5.69 Å². The molecule has 1 saturated carbocycles. The van der Waals surface area contributed by atoms with Crippen molar-refractivity contribution in [1.29, 1.82) is 0 Å². The van der Waals surface area contributed by atoms with Gasteiger partial charge in [-0.2, -0.15) is 9.36 Å². The maximum absolute atomic E-state index is 13.1. The van der Waals surface area contributed by atoms with Gasteiger partial charge in [-0.05, 0) is 84.1 Å². The number of piperidine rings is 1. The average Bonchev–Trinajstić information content (AvgIpc) is 3.56. The summed E-state index contributed by atoms with van der Waals surface area (Å²) in [6.45, 7) is 3.41. The molecule has 0 bridgehead atoms. The number of carbonyl (C=O) groups is 1. The standard InChI is InChI=1S/C26H32N6O4S/c1-2-25(19-5-3-4-6-19)32-26(34)31(28-29-32)22-11-13-24(14-12-22)37(35,36)27-20-7-9-21(10-8-20)30-17-15-23(33)16-18-30/h7-14,19,25,27H,2-6,15-18H2,1H3. The van der Waals surface area contributed by atoms with E-state index in [0.717, 1.165) is 24.9 Å². The maximum Gasteiger partial charge on any atom is 0.368 e. The summed E-state index contributed by atoms with van der Waals surface area (Å²) in [5, 5.41) is 8.21. The topological polar surface area (TPSA) is 119 Å². The number of nitrogens with zero attached hydrogens (tertiary/aromatic N) is 5. The zero-order valence-corrected chi connectivity index (χ0v) is 21.7. The summed E-state index contributed by atoms with van der Waals surface area (Å²) in [5.41, 5.74) is 1.54. The fraction of sp³-hybridized carbons (Fsp3) is 0.462. The monoisotopic (exact) mass is 524 g/mol. The van der Waals surface area contributed by atoms with Gasteiger partial charge in [0, 0.05) is 37.3 Å². The van der Waals surface area contributed by atoms with Gasteiger partial charge < -0.3 is 4.90 Å². The molecule has 37 heavy (non-hydrogen) atoms. The minimum absolute atomic E-state index is 0.0244. The minimum atomic E-state index is -3.83. The third-order valence-electron chi connectivity index (χ3n) is 7.48. The van der Waals surface area contributed by atoms with Gasteiger partial charge in [0.2, 0.25) is 0 Å². The first-order valence-electron chi connectivity index (χ1n) is 12.9. The number of sulfonamides is 1. The fourth-order valence-corrected chi connectivity index (χ4v) is 6.47. The van der Waals surface area contributed by atoms with E-state index in [2.05, 4.69) is 27.0 Å². The van der Waals surface area contributed by atoms with Crippen molar-refractivity contribution in [2.24, 2.45) is 5.92 Å². The van der Waals surface area contributed by atoms with Crippen LogP contribution in [0.1, 0.15) is 57.9 Å². The van der Waals surface area contributed by atoms with Crippen LogP contribution in [-0.4, -0.2) is 47.1 Å². The number of nitrogens with one attached hydrogen (secondary N) is 1. The Morgan fingerprint density at radius 3 is 2.16 bits per heavy atom. The highest BCUT2D eigenvalue weighted by molar-refractivity contribution is 7.92. The Kier molecular flexibility index (Phi) is 7.14. The van der Waals surface area contributed by atoms with Gasteiger partial charge in [-0.15, -0.1) is 0 Å². The van der Waals surface area contributed by atoms with Crippen molar-refractivity contribution in [3.05, 3.63) is 59.0 Å². The quantitative estimate of drug-likeness (QED) is 0.479. The van der Waals surface area contributed by atoms with Gasteiger partial charge in [0.15, 0.2) is 0 Å². The second-order valence-corrected chi connectivity index (χ2v) is 11.5. The lowest BCUT2D eigenvalue weighted by atomic mass is 9.96. The summed E-state index contributed by atoms with van der Waals surface area (Å²) in [6, 6.07) is 13.2. The summed E-state index contributed by atoms with van der Waals surface area (Å²) < 4.78 is 31.2. The Morgan fingerprint density at radius 1 is 0.919 bits per heavy atom. The summed E-state index contributed by atoms with van der Waals surface area (Å²) in [5.74, 6) is 0.708. The number of hydrogen-bond donors (Lipinski definition) is 1. The zero-order chi connectivity index (χ0) is 26.0. The average molecular weight is 525 g/mol. The lowest BCUT2D eigenvalue weighted by Crippen LogP contribution is -2.33.